The molecule has 0 bridgehead atoms. The first-order valence-electron chi connectivity index (χ1n) is 7.02. The highest BCUT2D eigenvalue weighted by Crippen LogP contribution is 2.44. The van der Waals surface area contributed by atoms with Gasteiger partial charge in [-0.05, 0) is 47.5 Å². The average molecular weight is 361 g/mol. The highest BCUT2D eigenvalue weighted by molar-refractivity contribution is 7.99. The summed E-state index contributed by atoms with van der Waals surface area (Å²) in [6.45, 7) is 0. The van der Waals surface area contributed by atoms with Gasteiger partial charge in [-0.2, -0.15) is 0 Å². The predicted octanol–water partition coefficient (Wildman–Crippen LogP) is 5.85. The van der Waals surface area contributed by atoms with Gasteiger partial charge in [-0.1, -0.05) is 59.2 Å². The molecule has 0 saturated heterocycles. The van der Waals surface area contributed by atoms with Crippen LogP contribution >= 0.6 is 35.0 Å². The zero-order valence-corrected chi connectivity index (χ0v) is 14.4. The second kappa shape index (κ2) is 7.26. The van der Waals surface area contributed by atoms with E-state index in [9.17, 15) is 0 Å². The topological polar surface area (TPSA) is 38.9 Å². The molecule has 0 saturated carbocycles. The quantitative estimate of drug-likeness (QED) is 0.468. The van der Waals surface area contributed by atoms with Gasteiger partial charge >= 0.3 is 0 Å². The van der Waals surface area contributed by atoms with Crippen LogP contribution in [0.5, 0.6) is 0 Å². The van der Waals surface area contributed by atoms with Crippen LogP contribution in [0.2, 0.25) is 10.0 Å². The lowest BCUT2D eigenvalue weighted by Gasteiger charge is -2.20. The molecule has 116 valence electrons. The summed E-state index contributed by atoms with van der Waals surface area (Å²) in [4.78, 5) is 4.40. The van der Waals surface area contributed by atoms with Crippen LogP contribution in [-0.2, 0) is 0 Å². The molecule has 2 N–H and O–H groups in total. The van der Waals surface area contributed by atoms with Gasteiger partial charge in [-0.25, -0.2) is 4.98 Å². The normalized spacial score (nSPS) is 12.1. The van der Waals surface area contributed by atoms with E-state index in [0.29, 0.717) is 15.7 Å². The van der Waals surface area contributed by atoms with E-state index in [1.165, 1.54) is 0 Å². The second-order valence-electron chi connectivity index (χ2n) is 4.96. The van der Waals surface area contributed by atoms with Crippen molar-refractivity contribution >= 4 is 40.7 Å². The molecule has 0 radical (unpaired) electrons. The van der Waals surface area contributed by atoms with Crippen LogP contribution in [0, 0.1) is 0 Å². The van der Waals surface area contributed by atoms with E-state index in [-0.39, 0.29) is 5.25 Å². The van der Waals surface area contributed by atoms with Gasteiger partial charge in [0.05, 0.1) is 10.3 Å². The number of aromatic nitrogens is 1. The first-order chi connectivity index (χ1) is 11.1. The molecule has 1 aromatic heterocycles. The number of hydrogen-bond acceptors (Lipinski definition) is 3. The number of nitrogen functional groups attached to an aromatic ring is 1. The van der Waals surface area contributed by atoms with Crippen LogP contribution in [0.1, 0.15) is 16.4 Å². The molecule has 0 aliphatic heterocycles. The third kappa shape index (κ3) is 3.81. The first kappa shape index (κ1) is 16.2. The molecule has 3 aromatic rings. The fraction of sp³-hybridized carbons (Fsp3) is 0.0556. The fourth-order valence-electron chi connectivity index (χ4n) is 2.29. The highest BCUT2D eigenvalue weighted by Gasteiger charge is 2.21. The van der Waals surface area contributed by atoms with Gasteiger partial charge in [-0.3, -0.25) is 0 Å². The van der Waals surface area contributed by atoms with Crippen LogP contribution < -0.4 is 5.73 Å². The van der Waals surface area contributed by atoms with Crippen molar-refractivity contribution in [2.75, 3.05) is 5.73 Å². The Labute approximate surface area is 149 Å². The SMILES string of the molecule is Nc1ccc(Cl)cc1C(Sc1ccccn1)c1ccccc1Cl. The minimum absolute atomic E-state index is 0.0858. The lowest BCUT2D eigenvalue weighted by Crippen LogP contribution is -2.03. The highest BCUT2D eigenvalue weighted by atomic mass is 35.5. The lowest BCUT2D eigenvalue weighted by atomic mass is 10.0. The minimum atomic E-state index is -0.0858. The molecule has 3 rings (SSSR count). The van der Waals surface area contributed by atoms with Crippen molar-refractivity contribution in [3.63, 3.8) is 0 Å². The van der Waals surface area contributed by atoms with E-state index in [1.54, 1.807) is 24.0 Å². The largest absolute Gasteiger partial charge is 0.398 e. The van der Waals surface area contributed by atoms with Gasteiger partial charge in [0.15, 0.2) is 0 Å². The molecule has 1 heterocycles. The Morgan fingerprint density at radius 2 is 1.70 bits per heavy atom. The predicted molar refractivity (Wildman–Crippen MR) is 99.3 cm³/mol. The van der Waals surface area contributed by atoms with Crippen LogP contribution in [0.4, 0.5) is 5.69 Å². The van der Waals surface area contributed by atoms with Crippen molar-refractivity contribution in [2.24, 2.45) is 0 Å². The summed E-state index contributed by atoms with van der Waals surface area (Å²) in [5, 5.41) is 2.15. The molecule has 0 fully saturated rings. The molecule has 0 spiro atoms. The smallest absolute Gasteiger partial charge is 0.0969 e. The van der Waals surface area contributed by atoms with E-state index in [1.807, 2.05) is 54.6 Å². The van der Waals surface area contributed by atoms with Gasteiger partial charge in [0.25, 0.3) is 0 Å². The van der Waals surface area contributed by atoms with Crippen molar-refractivity contribution in [2.45, 2.75) is 10.3 Å². The number of thioether (sulfide) groups is 1. The van der Waals surface area contributed by atoms with Gasteiger partial charge in [-0.15, -0.1) is 0 Å². The Hall–Kier alpha value is -1.68. The summed E-state index contributed by atoms with van der Waals surface area (Å²) in [5.74, 6) is 0. The molecular weight excluding hydrogens is 347 g/mol. The fourth-order valence-corrected chi connectivity index (χ4v) is 3.97. The Bertz CT molecular complexity index is 809. The van der Waals surface area contributed by atoms with Crippen molar-refractivity contribution in [3.05, 3.63) is 88.0 Å². The molecule has 2 aromatic carbocycles. The Morgan fingerprint density at radius 1 is 0.913 bits per heavy atom. The third-order valence-corrected chi connectivity index (χ3v) is 5.20. The standard InChI is InChI=1S/C18H14Cl2N2S/c19-12-8-9-16(21)14(11-12)18(13-5-1-2-6-15(13)20)23-17-7-3-4-10-22-17/h1-11,18H,21H2. The van der Waals surface area contributed by atoms with Crippen molar-refractivity contribution < 1.29 is 0 Å². The summed E-state index contributed by atoms with van der Waals surface area (Å²) in [6.07, 6.45) is 1.77. The van der Waals surface area contributed by atoms with E-state index in [2.05, 4.69) is 4.98 Å². The first-order valence-corrected chi connectivity index (χ1v) is 8.66. The van der Waals surface area contributed by atoms with Gasteiger partial charge < -0.3 is 5.73 Å². The number of nitrogens with two attached hydrogens (primary N) is 1. The monoisotopic (exact) mass is 360 g/mol. The van der Waals surface area contributed by atoms with E-state index in [4.69, 9.17) is 28.9 Å². The van der Waals surface area contributed by atoms with Crippen LogP contribution in [0.15, 0.2) is 71.9 Å². The van der Waals surface area contributed by atoms with Crippen LogP contribution in [-0.4, -0.2) is 4.98 Å². The third-order valence-electron chi connectivity index (χ3n) is 3.40. The number of pyridine rings is 1. The molecule has 5 heteroatoms. The minimum Gasteiger partial charge on any atom is -0.398 e. The summed E-state index contributed by atoms with van der Waals surface area (Å²) >= 11 is 14.2. The lowest BCUT2D eigenvalue weighted by molar-refractivity contribution is 1.10. The number of benzene rings is 2. The van der Waals surface area contributed by atoms with Gasteiger partial charge in [0, 0.05) is 21.9 Å². The molecule has 0 aliphatic carbocycles. The van der Waals surface area contributed by atoms with E-state index < -0.39 is 0 Å². The molecule has 0 amide bonds. The summed E-state index contributed by atoms with van der Waals surface area (Å²) in [7, 11) is 0. The molecule has 23 heavy (non-hydrogen) atoms. The van der Waals surface area contributed by atoms with E-state index >= 15 is 0 Å². The van der Waals surface area contributed by atoms with Crippen LogP contribution in [0.3, 0.4) is 0 Å². The molecule has 1 atom stereocenters. The second-order valence-corrected chi connectivity index (χ2v) is 6.93. The average Bonchev–Trinajstić information content (AvgIpc) is 2.57. The zero-order valence-electron chi connectivity index (χ0n) is 12.1. The molecular formula is C18H14Cl2N2S. The number of rotatable bonds is 4. The summed E-state index contributed by atoms with van der Waals surface area (Å²) in [5.41, 5.74) is 8.80. The Morgan fingerprint density at radius 3 is 2.43 bits per heavy atom. The number of anilines is 1. The summed E-state index contributed by atoms with van der Waals surface area (Å²) in [6, 6.07) is 19.1. The number of nitrogens with zero attached hydrogens (tertiary/aromatic N) is 1. The molecule has 1 unspecified atom stereocenters. The number of hydrogen-bond donors (Lipinski definition) is 1. The Balaban J connectivity index is 2.10. The maximum Gasteiger partial charge on any atom is 0.0969 e. The Kier molecular flexibility index (Phi) is 5.11. The molecule has 0 aliphatic rings. The van der Waals surface area contributed by atoms with Gasteiger partial charge in [0.2, 0.25) is 0 Å². The van der Waals surface area contributed by atoms with Crippen molar-refractivity contribution in [1.29, 1.82) is 0 Å². The van der Waals surface area contributed by atoms with Crippen molar-refractivity contribution in [3.8, 4) is 0 Å². The van der Waals surface area contributed by atoms with Gasteiger partial charge in [0.1, 0.15) is 0 Å². The maximum absolute atomic E-state index is 6.42. The van der Waals surface area contributed by atoms with Crippen molar-refractivity contribution in [1.82, 2.24) is 4.98 Å². The van der Waals surface area contributed by atoms with Crippen LogP contribution in [0.25, 0.3) is 0 Å². The summed E-state index contributed by atoms with van der Waals surface area (Å²) < 4.78 is 0. The molecule has 2 nitrogen and oxygen atoms in total. The van der Waals surface area contributed by atoms with E-state index in [0.717, 1.165) is 16.2 Å². The number of halogens is 2. The zero-order chi connectivity index (χ0) is 16.2. The maximum atomic E-state index is 6.42.